The minimum absolute atomic E-state index is 0.0256. The third kappa shape index (κ3) is 4.06. The van der Waals surface area contributed by atoms with Gasteiger partial charge in [0.15, 0.2) is 0 Å². The number of carbonyl (C=O) groups excluding carboxylic acids is 1. The van der Waals surface area contributed by atoms with E-state index in [1.54, 1.807) is 12.3 Å². The Morgan fingerprint density at radius 3 is 2.93 bits per heavy atom. The standard InChI is InChI=1S/C11H17N3O/c1-3-5-6-11(15)14-10-7-8-12-9(4-2)13-10/h7-8H,3-6H2,1-2H3,(H,12,13,14,15). The van der Waals surface area contributed by atoms with Crippen molar-refractivity contribution in [2.24, 2.45) is 0 Å². The van der Waals surface area contributed by atoms with Crippen molar-refractivity contribution in [1.82, 2.24) is 9.97 Å². The smallest absolute Gasteiger partial charge is 0.225 e. The van der Waals surface area contributed by atoms with E-state index in [1.807, 2.05) is 6.92 Å². The van der Waals surface area contributed by atoms with Crippen LogP contribution in [0, 0.1) is 0 Å². The Balaban J connectivity index is 2.52. The van der Waals surface area contributed by atoms with E-state index in [9.17, 15) is 4.79 Å². The molecule has 15 heavy (non-hydrogen) atoms. The van der Waals surface area contributed by atoms with Crippen molar-refractivity contribution in [2.45, 2.75) is 39.5 Å². The van der Waals surface area contributed by atoms with Crippen molar-refractivity contribution in [3.8, 4) is 0 Å². The summed E-state index contributed by atoms with van der Waals surface area (Å²) >= 11 is 0. The monoisotopic (exact) mass is 207 g/mol. The normalized spacial score (nSPS) is 10.0. The van der Waals surface area contributed by atoms with Crippen LogP contribution < -0.4 is 5.32 Å². The fourth-order valence-corrected chi connectivity index (χ4v) is 1.18. The van der Waals surface area contributed by atoms with Gasteiger partial charge in [-0.3, -0.25) is 4.79 Å². The summed E-state index contributed by atoms with van der Waals surface area (Å²) in [6, 6.07) is 1.71. The lowest BCUT2D eigenvalue weighted by Crippen LogP contribution is -2.12. The van der Waals surface area contributed by atoms with E-state index in [1.165, 1.54) is 0 Å². The molecule has 0 aliphatic heterocycles. The molecule has 0 spiro atoms. The highest BCUT2D eigenvalue weighted by molar-refractivity contribution is 5.89. The van der Waals surface area contributed by atoms with Crippen molar-refractivity contribution in [3.05, 3.63) is 18.1 Å². The summed E-state index contributed by atoms with van der Waals surface area (Å²) < 4.78 is 0. The lowest BCUT2D eigenvalue weighted by molar-refractivity contribution is -0.116. The zero-order chi connectivity index (χ0) is 11.1. The van der Waals surface area contributed by atoms with Gasteiger partial charge in [-0.05, 0) is 12.5 Å². The van der Waals surface area contributed by atoms with E-state index in [0.29, 0.717) is 12.2 Å². The van der Waals surface area contributed by atoms with Gasteiger partial charge in [0.2, 0.25) is 5.91 Å². The Kier molecular flexibility index (Phi) is 4.74. The molecule has 0 aromatic carbocycles. The summed E-state index contributed by atoms with van der Waals surface area (Å²) in [5, 5.41) is 2.76. The van der Waals surface area contributed by atoms with E-state index in [0.717, 1.165) is 25.1 Å². The third-order valence-corrected chi connectivity index (χ3v) is 2.05. The number of hydrogen-bond acceptors (Lipinski definition) is 3. The van der Waals surface area contributed by atoms with Crippen LogP contribution in [0.1, 0.15) is 38.9 Å². The average Bonchev–Trinajstić information content (AvgIpc) is 2.26. The van der Waals surface area contributed by atoms with Gasteiger partial charge < -0.3 is 5.32 Å². The number of nitrogens with zero attached hydrogens (tertiary/aromatic N) is 2. The summed E-state index contributed by atoms with van der Waals surface area (Å²) in [6.45, 7) is 4.05. The van der Waals surface area contributed by atoms with Crippen molar-refractivity contribution >= 4 is 11.7 Å². The number of aromatic nitrogens is 2. The van der Waals surface area contributed by atoms with Gasteiger partial charge in [-0.2, -0.15) is 0 Å². The Labute approximate surface area is 90.1 Å². The first-order valence-electron chi connectivity index (χ1n) is 5.38. The molecular formula is C11H17N3O. The number of nitrogens with one attached hydrogen (secondary N) is 1. The van der Waals surface area contributed by atoms with Gasteiger partial charge in [0, 0.05) is 19.0 Å². The third-order valence-electron chi connectivity index (χ3n) is 2.05. The molecule has 0 saturated heterocycles. The number of amides is 1. The molecular weight excluding hydrogens is 190 g/mol. The first-order chi connectivity index (χ1) is 7.26. The van der Waals surface area contributed by atoms with Crippen LogP contribution in [0.3, 0.4) is 0 Å². The van der Waals surface area contributed by atoms with Crippen LogP contribution in [0.5, 0.6) is 0 Å². The van der Waals surface area contributed by atoms with E-state index in [4.69, 9.17) is 0 Å². The lowest BCUT2D eigenvalue weighted by Gasteiger charge is -2.04. The average molecular weight is 207 g/mol. The maximum atomic E-state index is 11.4. The van der Waals surface area contributed by atoms with Gasteiger partial charge in [-0.25, -0.2) is 9.97 Å². The minimum Gasteiger partial charge on any atom is -0.311 e. The number of anilines is 1. The second kappa shape index (κ2) is 6.11. The molecule has 0 bridgehead atoms. The van der Waals surface area contributed by atoms with E-state index in [2.05, 4.69) is 22.2 Å². The second-order valence-electron chi connectivity index (χ2n) is 3.36. The molecule has 1 aromatic heterocycles. The molecule has 4 nitrogen and oxygen atoms in total. The molecule has 82 valence electrons. The van der Waals surface area contributed by atoms with Gasteiger partial charge in [-0.15, -0.1) is 0 Å². The van der Waals surface area contributed by atoms with Crippen LogP contribution in [0.2, 0.25) is 0 Å². The molecule has 0 saturated carbocycles. The number of hydrogen-bond donors (Lipinski definition) is 1. The predicted octanol–water partition coefficient (Wildman–Crippen LogP) is 2.17. The number of carbonyl (C=O) groups is 1. The molecule has 0 radical (unpaired) electrons. The fourth-order valence-electron chi connectivity index (χ4n) is 1.18. The van der Waals surface area contributed by atoms with Gasteiger partial charge >= 0.3 is 0 Å². The molecule has 0 aliphatic rings. The largest absolute Gasteiger partial charge is 0.311 e. The fraction of sp³-hybridized carbons (Fsp3) is 0.545. The molecule has 0 atom stereocenters. The lowest BCUT2D eigenvalue weighted by atomic mass is 10.2. The van der Waals surface area contributed by atoms with Crippen LogP contribution in [-0.4, -0.2) is 15.9 Å². The summed E-state index contributed by atoms with van der Waals surface area (Å²) in [5.74, 6) is 1.38. The van der Waals surface area contributed by atoms with Gasteiger partial charge in [-0.1, -0.05) is 20.3 Å². The van der Waals surface area contributed by atoms with E-state index >= 15 is 0 Å². The molecule has 4 heteroatoms. The maximum Gasteiger partial charge on any atom is 0.225 e. The summed E-state index contributed by atoms with van der Waals surface area (Å²) in [4.78, 5) is 19.7. The molecule has 1 rings (SSSR count). The topological polar surface area (TPSA) is 54.9 Å². The van der Waals surface area contributed by atoms with Crippen molar-refractivity contribution in [1.29, 1.82) is 0 Å². The molecule has 1 N–H and O–H groups in total. The quantitative estimate of drug-likeness (QED) is 0.805. The Hall–Kier alpha value is -1.45. The molecule has 0 fully saturated rings. The SMILES string of the molecule is CCCCC(=O)Nc1ccnc(CC)n1. The summed E-state index contributed by atoms with van der Waals surface area (Å²) in [7, 11) is 0. The number of rotatable bonds is 5. The number of unbranched alkanes of at least 4 members (excludes halogenated alkanes) is 1. The van der Waals surface area contributed by atoms with Crippen molar-refractivity contribution in [2.75, 3.05) is 5.32 Å². The van der Waals surface area contributed by atoms with Crippen LogP contribution in [0.4, 0.5) is 5.82 Å². The molecule has 0 aliphatic carbocycles. The predicted molar refractivity (Wildman–Crippen MR) is 59.6 cm³/mol. The Morgan fingerprint density at radius 2 is 2.27 bits per heavy atom. The van der Waals surface area contributed by atoms with Crippen LogP contribution in [0.15, 0.2) is 12.3 Å². The molecule has 0 unspecified atom stereocenters. The summed E-state index contributed by atoms with van der Waals surface area (Å²) in [6.07, 6.45) is 4.94. The van der Waals surface area contributed by atoms with Crippen LogP contribution >= 0.6 is 0 Å². The summed E-state index contributed by atoms with van der Waals surface area (Å²) in [5.41, 5.74) is 0. The van der Waals surface area contributed by atoms with Crippen molar-refractivity contribution < 1.29 is 4.79 Å². The highest BCUT2D eigenvalue weighted by Crippen LogP contribution is 2.04. The zero-order valence-electron chi connectivity index (χ0n) is 9.29. The van der Waals surface area contributed by atoms with Crippen LogP contribution in [-0.2, 0) is 11.2 Å². The Morgan fingerprint density at radius 1 is 1.47 bits per heavy atom. The molecule has 1 aromatic rings. The van der Waals surface area contributed by atoms with Gasteiger partial charge in [0.1, 0.15) is 11.6 Å². The van der Waals surface area contributed by atoms with Crippen molar-refractivity contribution in [3.63, 3.8) is 0 Å². The minimum atomic E-state index is 0.0256. The van der Waals surface area contributed by atoms with E-state index in [-0.39, 0.29) is 5.91 Å². The van der Waals surface area contributed by atoms with Gasteiger partial charge in [0.05, 0.1) is 0 Å². The first kappa shape index (κ1) is 11.6. The van der Waals surface area contributed by atoms with Crippen LogP contribution in [0.25, 0.3) is 0 Å². The number of aryl methyl sites for hydroxylation is 1. The van der Waals surface area contributed by atoms with Gasteiger partial charge in [0.25, 0.3) is 0 Å². The maximum absolute atomic E-state index is 11.4. The van der Waals surface area contributed by atoms with E-state index < -0.39 is 0 Å². The zero-order valence-corrected chi connectivity index (χ0v) is 9.29. The Bertz CT molecular complexity index is 325. The molecule has 1 amide bonds. The first-order valence-corrected chi connectivity index (χ1v) is 5.38. The highest BCUT2D eigenvalue weighted by Gasteiger charge is 2.03. The second-order valence-corrected chi connectivity index (χ2v) is 3.36. The highest BCUT2D eigenvalue weighted by atomic mass is 16.1. The molecule has 1 heterocycles.